The van der Waals surface area contributed by atoms with Crippen molar-refractivity contribution in [1.29, 1.82) is 0 Å². The molecule has 1 amide bonds. The first-order valence-electron chi connectivity index (χ1n) is 7.50. The number of amides is 1. The highest BCUT2D eigenvalue weighted by Gasteiger charge is 2.15. The van der Waals surface area contributed by atoms with E-state index < -0.39 is 0 Å². The number of carbonyl (C=O) groups is 1. The zero-order chi connectivity index (χ0) is 16.2. The van der Waals surface area contributed by atoms with E-state index in [4.69, 9.17) is 4.74 Å². The summed E-state index contributed by atoms with van der Waals surface area (Å²) < 4.78 is 6.22. The molecule has 0 bridgehead atoms. The van der Waals surface area contributed by atoms with Crippen LogP contribution in [-0.4, -0.2) is 37.2 Å². The Balaban J connectivity index is 1.76. The molecular formula is C17H18BrN3O2. The van der Waals surface area contributed by atoms with E-state index in [1.807, 2.05) is 31.2 Å². The summed E-state index contributed by atoms with van der Waals surface area (Å²) in [6.07, 6.45) is 1.67. The summed E-state index contributed by atoms with van der Waals surface area (Å²) in [4.78, 5) is 19.0. The smallest absolute Gasteiger partial charge is 0.255 e. The Morgan fingerprint density at radius 3 is 2.78 bits per heavy atom. The van der Waals surface area contributed by atoms with Gasteiger partial charge in [0, 0.05) is 29.3 Å². The summed E-state index contributed by atoms with van der Waals surface area (Å²) in [5.74, 6) is 0.662. The number of rotatable bonds is 3. The summed E-state index contributed by atoms with van der Waals surface area (Å²) in [6.45, 7) is 4.97. The minimum Gasteiger partial charge on any atom is -0.378 e. The van der Waals surface area contributed by atoms with Crippen LogP contribution in [-0.2, 0) is 4.74 Å². The molecule has 1 saturated heterocycles. The lowest BCUT2D eigenvalue weighted by Crippen LogP contribution is -2.36. The third-order valence-corrected chi connectivity index (χ3v) is 4.37. The second-order valence-electron chi connectivity index (χ2n) is 5.44. The highest BCUT2D eigenvalue weighted by molar-refractivity contribution is 9.10. The summed E-state index contributed by atoms with van der Waals surface area (Å²) in [5.41, 5.74) is 2.48. The summed E-state index contributed by atoms with van der Waals surface area (Å²) in [6, 6.07) is 9.37. The van der Waals surface area contributed by atoms with Crippen LogP contribution in [0.1, 0.15) is 15.9 Å². The predicted molar refractivity (Wildman–Crippen MR) is 94.1 cm³/mol. The minimum atomic E-state index is -0.147. The molecule has 23 heavy (non-hydrogen) atoms. The maximum absolute atomic E-state index is 12.5. The van der Waals surface area contributed by atoms with Crippen LogP contribution in [0.2, 0.25) is 0 Å². The molecule has 1 aliphatic rings. The molecule has 6 heteroatoms. The quantitative estimate of drug-likeness (QED) is 0.894. The fourth-order valence-corrected chi connectivity index (χ4v) is 3.03. The van der Waals surface area contributed by atoms with E-state index in [9.17, 15) is 4.79 Å². The standard InChI is InChI=1S/C17H18BrN3O2/c1-12-2-3-15(14(18)10-12)20-17(22)13-4-5-19-16(11-13)21-6-8-23-9-7-21/h2-5,10-11H,6-9H2,1H3,(H,20,22). The first kappa shape index (κ1) is 16.0. The first-order chi connectivity index (χ1) is 11.1. The topological polar surface area (TPSA) is 54.5 Å². The number of anilines is 2. The van der Waals surface area contributed by atoms with Crippen LogP contribution in [0.4, 0.5) is 11.5 Å². The Morgan fingerprint density at radius 2 is 2.04 bits per heavy atom. The van der Waals surface area contributed by atoms with Crippen LogP contribution in [0.15, 0.2) is 41.0 Å². The highest BCUT2D eigenvalue weighted by atomic mass is 79.9. The number of carbonyl (C=O) groups excluding carboxylic acids is 1. The number of morpholine rings is 1. The zero-order valence-corrected chi connectivity index (χ0v) is 14.5. The Hall–Kier alpha value is -1.92. The second kappa shape index (κ2) is 7.10. The Labute approximate surface area is 143 Å². The molecule has 1 aliphatic heterocycles. The number of hydrogen-bond donors (Lipinski definition) is 1. The SMILES string of the molecule is Cc1ccc(NC(=O)c2ccnc(N3CCOCC3)c2)c(Br)c1. The molecule has 0 atom stereocenters. The van der Waals surface area contributed by atoms with Gasteiger partial charge in [-0.05, 0) is 52.7 Å². The number of pyridine rings is 1. The van der Waals surface area contributed by atoms with Gasteiger partial charge < -0.3 is 15.0 Å². The minimum absolute atomic E-state index is 0.147. The van der Waals surface area contributed by atoms with Crippen molar-refractivity contribution in [2.75, 3.05) is 36.5 Å². The van der Waals surface area contributed by atoms with E-state index in [0.29, 0.717) is 18.8 Å². The van der Waals surface area contributed by atoms with Crippen molar-refractivity contribution in [2.45, 2.75) is 6.92 Å². The lowest BCUT2D eigenvalue weighted by atomic mass is 10.2. The molecule has 120 valence electrons. The summed E-state index contributed by atoms with van der Waals surface area (Å²) >= 11 is 3.48. The van der Waals surface area contributed by atoms with Gasteiger partial charge in [0.1, 0.15) is 5.82 Å². The van der Waals surface area contributed by atoms with Crippen molar-refractivity contribution in [3.8, 4) is 0 Å². The monoisotopic (exact) mass is 375 g/mol. The number of ether oxygens (including phenoxy) is 1. The fraction of sp³-hybridized carbons (Fsp3) is 0.294. The Kier molecular flexibility index (Phi) is 4.93. The van der Waals surface area contributed by atoms with Crippen molar-refractivity contribution >= 4 is 33.3 Å². The van der Waals surface area contributed by atoms with E-state index in [-0.39, 0.29) is 5.91 Å². The average molecular weight is 376 g/mol. The second-order valence-corrected chi connectivity index (χ2v) is 6.29. The van der Waals surface area contributed by atoms with Crippen LogP contribution in [0.3, 0.4) is 0 Å². The number of aromatic nitrogens is 1. The van der Waals surface area contributed by atoms with Crippen molar-refractivity contribution in [1.82, 2.24) is 4.98 Å². The van der Waals surface area contributed by atoms with E-state index in [1.165, 1.54) is 0 Å². The number of nitrogens with zero attached hydrogens (tertiary/aromatic N) is 2. The van der Waals surface area contributed by atoms with Gasteiger partial charge in [0.15, 0.2) is 0 Å². The molecule has 0 unspecified atom stereocenters. The predicted octanol–water partition coefficient (Wildman–Crippen LogP) is 3.24. The van der Waals surface area contributed by atoms with Crippen LogP contribution in [0, 0.1) is 6.92 Å². The summed E-state index contributed by atoms with van der Waals surface area (Å²) in [5, 5.41) is 2.93. The van der Waals surface area contributed by atoms with E-state index in [2.05, 4.69) is 31.1 Å². The maximum atomic E-state index is 12.5. The van der Waals surface area contributed by atoms with Gasteiger partial charge in [-0.25, -0.2) is 4.98 Å². The lowest BCUT2D eigenvalue weighted by molar-refractivity contribution is 0.102. The van der Waals surface area contributed by atoms with Crippen molar-refractivity contribution < 1.29 is 9.53 Å². The number of benzene rings is 1. The van der Waals surface area contributed by atoms with E-state index in [0.717, 1.165) is 34.6 Å². The van der Waals surface area contributed by atoms with Gasteiger partial charge in [0.2, 0.25) is 0 Å². The number of aryl methyl sites for hydroxylation is 1. The molecular weight excluding hydrogens is 358 g/mol. The summed E-state index contributed by atoms with van der Waals surface area (Å²) in [7, 11) is 0. The molecule has 1 aromatic heterocycles. The van der Waals surface area contributed by atoms with Crippen molar-refractivity contribution in [3.05, 3.63) is 52.1 Å². The molecule has 0 saturated carbocycles. The molecule has 5 nitrogen and oxygen atoms in total. The normalized spacial score (nSPS) is 14.6. The largest absolute Gasteiger partial charge is 0.378 e. The number of halogens is 1. The lowest BCUT2D eigenvalue weighted by Gasteiger charge is -2.27. The molecule has 0 radical (unpaired) electrons. The van der Waals surface area contributed by atoms with Gasteiger partial charge in [-0.1, -0.05) is 6.07 Å². The molecule has 1 fully saturated rings. The molecule has 3 rings (SSSR count). The van der Waals surface area contributed by atoms with Gasteiger partial charge in [0.05, 0.1) is 18.9 Å². The Morgan fingerprint density at radius 1 is 1.26 bits per heavy atom. The van der Waals surface area contributed by atoms with Crippen LogP contribution < -0.4 is 10.2 Å². The fourth-order valence-electron chi connectivity index (χ4n) is 2.44. The third-order valence-electron chi connectivity index (χ3n) is 3.72. The number of hydrogen-bond acceptors (Lipinski definition) is 4. The van der Waals surface area contributed by atoms with Crippen molar-refractivity contribution in [3.63, 3.8) is 0 Å². The third kappa shape index (κ3) is 3.89. The van der Waals surface area contributed by atoms with Gasteiger partial charge >= 0.3 is 0 Å². The van der Waals surface area contributed by atoms with Crippen molar-refractivity contribution in [2.24, 2.45) is 0 Å². The molecule has 2 aromatic rings. The van der Waals surface area contributed by atoms with Crippen LogP contribution >= 0.6 is 15.9 Å². The van der Waals surface area contributed by atoms with Crippen LogP contribution in [0.5, 0.6) is 0 Å². The molecule has 1 N–H and O–H groups in total. The van der Waals surface area contributed by atoms with E-state index in [1.54, 1.807) is 12.3 Å². The van der Waals surface area contributed by atoms with Gasteiger partial charge in [0.25, 0.3) is 5.91 Å². The number of nitrogens with one attached hydrogen (secondary N) is 1. The highest BCUT2D eigenvalue weighted by Crippen LogP contribution is 2.24. The van der Waals surface area contributed by atoms with Gasteiger partial charge in [-0.3, -0.25) is 4.79 Å². The average Bonchev–Trinajstić information content (AvgIpc) is 2.58. The first-order valence-corrected chi connectivity index (χ1v) is 8.29. The molecule has 1 aromatic carbocycles. The zero-order valence-electron chi connectivity index (χ0n) is 12.9. The maximum Gasteiger partial charge on any atom is 0.255 e. The Bertz CT molecular complexity index is 715. The molecule has 0 aliphatic carbocycles. The van der Waals surface area contributed by atoms with Crippen LogP contribution in [0.25, 0.3) is 0 Å². The molecule has 2 heterocycles. The molecule has 0 spiro atoms. The van der Waals surface area contributed by atoms with Gasteiger partial charge in [-0.2, -0.15) is 0 Å². The van der Waals surface area contributed by atoms with Gasteiger partial charge in [-0.15, -0.1) is 0 Å². The van der Waals surface area contributed by atoms with E-state index >= 15 is 0 Å².